The van der Waals surface area contributed by atoms with Crippen molar-refractivity contribution in [2.24, 2.45) is 5.92 Å². The van der Waals surface area contributed by atoms with Crippen LogP contribution in [0.3, 0.4) is 0 Å². The lowest BCUT2D eigenvalue weighted by Crippen LogP contribution is -2.46. The van der Waals surface area contributed by atoms with E-state index < -0.39 is 18.4 Å². The van der Waals surface area contributed by atoms with E-state index in [-0.39, 0.29) is 5.92 Å². The molecule has 0 saturated carbocycles. The third kappa shape index (κ3) is 5.44. The van der Waals surface area contributed by atoms with E-state index in [1.54, 1.807) is 6.92 Å². The van der Waals surface area contributed by atoms with Crippen molar-refractivity contribution >= 4 is 0 Å². The molecule has 0 aromatic heterocycles. The molecule has 1 unspecified atom stereocenters. The highest BCUT2D eigenvalue weighted by Gasteiger charge is 2.52. The van der Waals surface area contributed by atoms with Gasteiger partial charge in [-0.2, -0.15) is 13.2 Å². The number of alkyl halides is 3. The summed E-state index contributed by atoms with van der Waals surface area (Å²) in [6, 6.07) is 0. The molecule has 0 saturated heterocycles. The summed E-state index contributed by atoms with van der Waals surface area (Å²) in [6.07, 6.45) is -5.15. The van der Waals surface area contributed by atoms with E-state index in [9.17, 15) is 13.2 Å². The molecule has 5 heteroatoms. The van der Waals surface area contributed by atoms with Gasteiger partial charge in [0.1, 0.15) is 0 Å². The van der Waals surface area contributed by atoms with Crippen LogP contribution in [0.2, 0.25) is 0 Å². The second kappa shape index (κ2) is 6.24. The van der Waals surface area contributed by atoms with Gasteiger partial charge in [0.15, 0.2) is 0 Å². The van der Waals surface area contributed by atoms with Crippen molar-refractivity contribution in [3.63, 3.8) is 0 Å². The second-order valence-electron chi connectivity index (χ2n) is 3.03. The first-order chi connectivity index (χ1) is 6.20. The smallest absolute Gasteiger partial charge is 0.359 e. The lowest BCUT2D eigenvalue weighted by atomic mass is 9.98. The van der Waals surface area contributed by atoms with Gasteiger partial charge in [0.05, 0.1) is 0 Å². The van der Waals surface area contributed by atoms with Crippen LogP contribution in [0.25, 0.3) is 0 Å². The van der Waals surface area contributed by atoms with Crippen LogP contribution >= 0.6 is 0 Å². The Balaban J connectivity index is 0. The maximum Gasteiger partial charge on any atom is 0.442 e. The van der Waals surface area contributed by atoms with Gasteiger partial charge in [0.25, 0.3) is 5.79 Å². The minimum Gasteiger partial charge on any atom is -0.359 e. The molecule has 88 valence electrons. The Morgan fingerprint density at radius 1 is 1.14 bits per heavy atom. The molecule has 0 aliphatic heterocycles. The zero-order valence-electron chi connectivity index (χ0n) is 9.02. The molecule has 0 aliphatic rings. The summed E-state index contributed by atoms with van der Waals surface area (Å²) < 4.78 is 35.5. The van der Waals surface area contributed by atoms with E-state index in [2.05, 4.69) is 0 Å². The molecule has 14 heavy (non-hydrogen) atoms. The Morgan fingerprint density at radius 3 is 1.71 bits per heavy atom. The second-order valence-corrected chi connectivity index (χ2v) is 3.03. The molecule has 0 rings (SSSR count). The summed E-state index contributed by atoms with van der Waals surface area (Å²) in [5, 5.41) is 17.2. The van der Waals surface area contributed by atoms with Gasteiger partial charge in [-0.05, 0) is 5.92 Å². The molecule has 0 aliphatic carbocycles. The first-order valence-electron chi connectivity index (χ1n) is 4.72. The molecule has 0 amide bonds. The Bertz CT molecular complexity index is 143. The maximum absolute atomic E-state index is 11.8. The summed E-state index contributed by atoms with van der Waals surface area (Å²) in [5.41, 5.74) is 0. The highest BCUT2D eigenvalue weighted by Crippen LogP contribution is 2.33. The average molecular weight is 216 g/mol. The number of aliphatic hydroxyl groups is 2. The maximum atomic E-state index is 11.8. The third-order valence-corrected chi connectivity index (χ3v) is 1.78. The molecule has 0 radical (unpaired) electrons. The average Bonchev–Trinajstić information content (AvgIpc) is 2.05. The fourth-order valence-electron chi connectivity index (χ4n) is 0.746. The Morgan fingerprint density at radius 2 is 1.50 bits per heavy atom. The van der Waals surface area contributed by atoms with Crippen LogP contribution in [0.5, 0.6) is 0 Å². The molecule has 2 nitrogen and oxygen atoms in total. The zero-order valence-corrected chi connectivity index (χ0v) is 9.02. The van der Waals surface area contributed by atoms with E-state index in [1.165, 1.54) is 6.92 Å². The van der Waals surface area contributed by atoms with Crippen molar-refractivity contribution in [2.75, 3.05) is 0 Å². The minimum atomic E-state index is -4.96. The van der Waals surface area contributed by atoms with Gasteiger partial charge in [-0.3, -0.25) is 0 Å². The van der Waals surface area contributed by atoms with Crippen LogP contribution in [0.15, 0.2) is 0 Å². The van der Waals surface area contributed by atoms with Crippen molar-refractivity contribution in [3.8, 4) is 0 Å². The van der Waals surface area contributed by atoms with Crippen molar-refractivity contribution in [3.05, 3.63) is 0 Å². The van der Waals surface area contributed by atoms with Gasteiger partial charge in [0, 0.05) is 6.42 Å². The first-order valence-corrected chi connectivity index (χ1v) is 4.72. The summed E-state index contributed by atoms with van der Waals surface area (Å²) in [7, 11) is 0. The molecule has 0 bridgehead atoms. The largest absolute Gasteiger partial charge is 0.442 e. The number of hydrogen-bond donors (Lipinski definition) is 2. The Kier molecular flexibility index (Phi) is 7.20. The molecule has 0 fully saturated rings. The third-order valence-electron chi connectivity index (χ3n) is 1.78. The van der Waals surface area contributed by atoms with Crippen molar-refractivity contribution in [1.82, 2.24) is 0 Å². The predicted octanol–water partition coefficient (Wildman–Crippen LogP) is 2.69. The highest BCUT2D eigenvalue weighted by molar-refractivity contribution is 4.75. The van der Waals surface area contributed by atoms with E-state index >= 15 is 0 Å². The topological polar surface area (TPSA) is 40.5 Å². The molecule has 2 N–H and O–H groups in total. The first kappa shape index (κ1) is 16.2. The molecule has 0 heterocycles. The van der Waals surface area contributed by atoms with Gasteiger partial charge >= 0.3 is 6.18 Å². The molecule has 0 aromatic rings. The van der Waals surface area contributed by atoms with E-state index in [4.69, 9.17) is 10.2 Å². The summed E-state index contributed by atoms with van der Waals surface area (Å²) >= 11 is 0. The van der Waals surface area contributed by atoms with Crippen molar-refractivity contribution in [1.29, 1.82) is 0 Å². The van der Waals surface area contributed by atoms with Crippen LogP contribution in [0.1, 0.15) is 40.5 Å². The normalized spacial score (nSPS) is 14.4. The number of hydrogen-bond acceptors (Lipinski definition) is 2. The lowest BCUT2D eigenvalue weighted by molar-refractivity contribution is -0.354. The van der Waals surface area contributed by atoms with Gasteiger partial charge in [-0.25, -0.2) is 0 Å². The summed E-state index contributed by atoms with van der Waals surface area (Å²) in [4.78, 5) is 0. The van der Waals surface area contributed by atoms with Crippen LogP contribution in [-0.2, 0) is 0 Å². The fraction of sp³-hybridized carbons (Fsp3) is 1.00. The van der Waals surface area contributed by atoms with Crippen molar-refractivity contribution in [2.45, 2.75) is 52.5 Å². The Hall–Kier alpha value is -0.290. The van der Waals surface area contributed by atoms with Crippen LogP contribution in [-0.4, -0.2) is 22.2 Å². The molecular weight excluding hydrogens is 197 g/mol. The van der Waals surface area contributed by atoms with E-state index in [0.717, 1.165) is 0 Å². The van der Waals surface area contributed by atoms with Crippen molar-refractivity contribution < 1.29 is 23.4 Å². The van der Waals surface area contributed by atoms with E-state index in [0.29, 0.717) is 6.42 Å². The predicted molar refractivity (Wildman–Crippen MR) is 48.6 cm³/mol. The van der Waals surface area contributed by atoms with Gasteiger partial charge in [0.2, 0.25) is 0 Å². The SMILES string of the molecule is CC.CCC(C)CC(O)(O)C(F)(F)F. The highest BCUT2D eigenvalue weighted by atomic mass is 19.4. The van der Waals surface area contributed by atoms with Gasteiger partial charge in [-0.1, -0.05) is 34.1 Å². The lowest BCUT2D eigenvalue weighted by Gasteiger charge is -2.26. The quantitative estimate of drug-likeness (QED) is 0.712. The number of rotatable bonds is 3. The standard InChI is InChI=1S/C7H13F3O2.C2H6/c1-3-5(2)4-6(11,12)7(8,9)10;1-2/h5,11-12H,3-4H2,1-2H3;1-2H3. The van der Waals surface area contributed by atoms with Crippen LogP contribution in [0.4, 0.5) is 13.2 Å². The summed E-state index contributed by atoms with van der Waals surface area (Å²) in [5.74, 6) is -3.90. The molecule has 1 atom stereocenters. The fourth-order valence-corrected chi connectivity index (χ4v) is 0.746. The number of halogens is 3. The minimum absolute atomic E-state index is 0.360. The molecule has 0 aromatic carbocycles. The van der Waals surface area contributed by atoms with E-state index in [1.807, 2.05) is 13.8 Å². The summed E-state index contributed by atoms with van der Waals surface area (Å²) in [6.45, 7) is 7.23. The van der Waals surface area contributed by atoms with Crippen LogP contribution in [0, 0.1) is 5.92 Å². The monoisotopic (exact) mass is 216 g/mol. The molecular formula is C9H19F3O2. The molecule has 0 spiro atoms. The Labute approximate surface area is 82.7 Å². The van der Waals surface area contributed by atoms with Crippen LogP contribution < -0.4 is 0 Å². The van der Waals surface area contributed by atoms with Gasteiger partial charge in [-0.15, -0.1) is 0 Å². The van der Waals surface area contributed by atoms with Gasteiger partial charge < -0.3 is 10.2 Å². The zero-order chi connectivity index (χ0) is 12.0.